The summed E-state index contributed by atoms with van der Waals surface area (Å²) >= 11 is -13.1. The molecule has 0 amide bonds. The van der Waals surface area contributed by atoms with Crippen molar-refractivity contribution in [3.8, 4) is 0 Å². The van der Waals surface area contributed by atoms with E-state index in [4.69, 9.17) is 66.6 Å². The average Bonchev–Trinajstić information content (AvgIpc) is 1.94. The van der Waals surface area contributed by atoms with Crippen LogP contribution in [0.1, 0.15) is 0 Å². The second-order valence-corrected chi connectivity index (χ2v) is 3.46. The van der Waals surface area contributed by atoms with Gasteiger partial charge in [0.25, 0.3) is 56.8 Å². The summed E-state index contributed by atoms with van der Waals surface area (Å²) in [4.78, 5) is 0. The molecule has 0 saturated heterocycles. The Bertz CT molecular complexity index is 217. The average molecular weight is 506 g/mol. The van der Waals surface area contributed by atoms with E-state index in [0.29, 0.717) is 0 Å². The molecule has 138 valence electrons. The van der Waals surface area contributed by atoms with E-state index in [1.165, 1.54) is 0 Å². The topological polar surface area (TPSA) is 288 Å². The number of hydrogen-bond acceptors (Lipinski definition) is 5. The molecule has 0 aliphatic rings. The van der Waals surface area contributed by atoms with Gasteiger partial charge in [0.2, 0.25) is 0 Å². The first kappa shape index (κ1) is 56.6. The summed E-state index contributed by atoms with van der Waals surface area (Å²) in [6, 6.07) is 0. The number of rotatable bonds is 0. The van der Waals surface area contributed by atoms with Gasteiger partial charge in [-0.25, -0.2) is 0 Å². The second-order valence-electron chi connectivity index (χ2n) is 1.15. The monoisotopic (exact) mass is 506 g/mol. The zero-order valence-corrected chi connectivity index (χ0v) is 12.6. The van der Waals surface area contributed by atoms with E-state index in [1.54, 1.807) is 0 Å². The first-order valence-corrected chi connectivity index (χ1v) is 7.98. The van der Waals surface area contributed by atoms with E-state index in [1.807, 2.05) is 0 Å². The quantitative estimate of drug-likeness (QED) is 0.110. The van der Waals surface area contributed by atoms with Crippen LogP contribution in [0.15, 0.2) is 0 Å². The van der Waals surface area contributed by atoms with Crippen molar-refractivity contribution in [1.29, 1.82) is 0 Å². The van der Waals surface area contributed by atoms with E-state index in [9.17, 15) is 0 Å². The minimum absolute atomic E-state index is 0. The predicted molar refractivity (Wildman–Crippen MR) is 95.6 cm³/mol. The van der Waals surface area contributed by atoms with Crippen molar-refractivity contribution < 1.29 is 66.6 Å². The van der Waals surface area contributed by atoms with Crippen LogP contribution in [0.25, 0.3) is 0 Å². The van der Waals surface area contributed by atoms with Gasteiger partial charge < -0.3 is 0 Å². The molecule has 0 unspecified atom stereocenters. The molecular weight excluding hydrogens is 492 g/mol. The fourth-order valence-corrected chi connectivity index (χ4v) is 0. The van der Waals surface area contributed by atoms with Crippen molar-refractivity contribution in [2.45, 2.75) is 0 Å². The van der Waals surface area contributed by atoms with Gasteiger partial charge in [0.05, 0.1) is 0 Å². The van der Waals surface area contributed by atoms with Crippen LogP contribution < -0.4 is 0 Å². The molecule has 24 heteroatoms. The molecule has 0 saturated carbocycles. The molecule has 15 nitrogen and oxygen atoms in total. The van der Waals surface area contributed by atoms with Gasteiger partial charge in [-0.3, -0.25) is 45.5 Å². The summed E-state index contributed by atoms with van der Waals surface area (Å²) in [7, 11) is 0. The van der Waals surface area contributed by atoms with Crippen molar-refractivity contribution in [3.05, 3.63) is 0 Å². The van der Waals surface area contributed by atoms with Gasteiger partial charge in [-0.1, -0.05) is 0 Å². The molecule has 0 bridgehead atoms. The molecule has 0 spiro atoms. The van der Waals surface area contributed by atoms with Crippen molar-refractivity contribution in [3.63, 3.8) is 0 Å². The Morgan fingerprint density at radius 3 is 0.292 bits per heavy atom. The minimum atomic E-state index is -2.61. The molecule has 0 aromatic rings. The zero-order chi connectivity index (χ0) is 17.9. The maximum atomic E-state index is 8.67. The second kappa shape index (κ2) is 50.7. The van der Waals surface area contributed by atoms with Crippen LogP contribution in [0.3, 0.4) is 0 Å². The van der Waals surface area contributed by atoms with Gasteiger partial charge in [-0.05, 0) is 0 Å². The van der Waals surface area contributed by atoms with Crippen molar-refractivity contribution in [1.82, 2.24) is 0 Å². The molecule has 0 aliphatic heterocycles. The molecule has 0 fully saturated rings. The third kappa shape index (κ3) is 895. The molecule has 0 heterocycles. The SMILES string of the molecule is O=S(O)O.O=S(O)O.O=S(O)O.O=S(O)O.O=S(O)O.[NaH].[NaH].[NaH].[NaH]. The molecule has 0 aliphatic carbocycles. The first-order valence-electron chi connectivity index (χ1n) is 2.66. The van der Waals surface area contributed by atoms with Crippen molar-refractivity contribution in [2.75, 3.05) is 0 Å². The van der Waals surface area contributed by atoms with Crippen LogP contribution >= 0.6 is 0 Å². The van der Waals surface area contributed by atoms with E-state index in [2.05, 4.69) is 0 Å². The van der Waals surface area contributed by atoms with Crippen LogP contribution in [-0.4, -0.2) is 185 Å². The Hall–Kier alpha value is 4.35. The van der Waals surface area contributed by atoms with Gasteiger partial charge in [0.15, 0.2) is 0 Å². The normalized spacial score (nSPS) is 7.29. The Balaban J connectivity index is -0.0000000161. The fourth-order valence-electron chi connectivity index (χ4n) is 0. The van der Waals surface area contributed by atoms with Crippen LogP contribution in [0.2, 0.25) is 0 Å². The molecular formula is H14Na4O15S5. The first-order chi connectivity index (χ1) is 8.66. The van der Waals surface area contributed by atoms with Gasteiger partial charge in [0.1, 0.15) is 0 Å². The Labute approximate surface area is 237 Å². The van der Waals surface area contributed by atoms with Gasteiger partial charge in [0, 0.05) is 0 Å². The molecule has 0 radical (unpaired) electrons. The van der Waals surface area contributed by atoms with Gasteiger partial charge in [-0.15, -0.1) is 0 Å². The molecule has 24 heavy (non-hydrogen) atoms. The molecule has 0 aromatic heterocycles. The Morgan fingerprint density at radius 1 is 0.292 bits per heavy atom. The summed E-state index contributed by atoms with van der Waals surface area (Å²) in [5.74, 6) is 0. The molecule has 0 aromatic carbocycles. The summed E-state index contributed by atoms with van der Waals surface area (Å²) in [6.07, 6.45) is 0. The van der Waals surface area contributed by atoms with Crippen LogP contribution in [-0.2, 0) is 56.8 Å². The number of hydrogen-bond donors (Lipinski definition) is 10. The summed E-state index contributed by atoms with van der Waals surface area (Å²) in [5.41, 5.74) is 0. The van der Waals surface area contributed by atoms with Crippen molar-refractivity contribution in [2.24, 2.45) is 0 Å². The molecule has 0 atom stereocenters. The third-order valence-corrected chi connectivity index (χ3v) is 0. The molecule has 0 rings (SSSR count). The predicted octanol–water partition coefficient (Wildman–Crippen LogP) is -4.19. The standard InChI is InChI=1S/4Na.5H2O3S.4H/c;;;;5*1-4(2)3;;;;/h;;;;5*(H2,1,2,3);;;;. The summed E-state index contributed by atoms with van der Waals surface area (Å²) < 4.78 is 114. The van der Waals surface area contributed by atoms with E-state index < -0.39 is 56.8 Å². The third-order valence-electron chi connectivity index (χ3n) is 0. The van der Waals surface area contributed by atoms with E-state index in [-0.39, 0.29) is 118 Å². The summed E-state index contributed by atoms with van der Waals surface area (Å²) in [6.45, 7) is 0. The van der Waals surface area contributed by atoms with Crippen LogP contribution in [0, 0.1) is 0 Å². The van der Waals surface area contributed by atoms with Crippen molar-refractivity contribution >= 4 is 175 Å². The van der Waals surface area contributed by atoms with Gasteiger partial charge >= 0.3 is 118 Å². The summed E-state index contributed by atoms with van der Waals surface area (Å²) in [5, 5.41) is 0. The Kier molecular flexibility index (Phi) is 120. The van der Waals surface area contributed by atoms with Crippen LogP contribution in [0.4, 0.5) is 0 Å². The van der Waals surface area contributed by atoms with E-state index >= 15 is 0 Å². The zero-order valence-electron chi connectivity index (χ0n) is 8.55. The van der Waals surface area contributed by atoms with E-state index in [0.717, 1.165) is 0 Å². The van der Waals surface area contributed by atoms with Gasteiger partial charge in [-0.2, -0.15) is 21.0 Å². The van der Waals surface area contributed by atoms with Crippen LogP contribution in [0.5, 0.6) is 0 Å². The fraction of sp³-hybridized carbons (Fsp3) is 0. The molecule has 10 N–H and O–H groups in total. The maximum absolute atomic E-state index is 8.67. The Morgan fingerprint density at radius 2 is 0.292 bits per heavy atom.